The van der Waals surface area contributed by atoms with Gasteiger partial charge < -0.3 is 0 Å². The molecule has 0 atom stereocenters. The molecule has 162 valence electrons. The first-order valence-electron chi connectivity index (χ1n) is 13.6. The largest absolute Gasteiger partial charge is 0.256 e. The SMILES string of the molecule is [2H]C([2H])([2H])c1cnc(-c2cccc3c2sc2cc4ccc5ccccc5c4cc23)cc1C([2H])([2H])C(C)(C)C. The number of thiophene rings is 1. The maximum absolute atomic E-state index is 8.89. The number of aryl methyl sites for hydroxylation is 1. The highest BCUT2D eigenvalue weighted by molar-refractivity contribution is 7.26. The zero-order valence-electron chi connectivity index (χ0n) is 23.9. The van der Waals surface area contributed by atoms with Crippen LogP contribution >= 0.6 is 11.3 Å². The van der Waals surface area contributed by atoms with Crippen LogP contribution in [0.2, 0.25) is 0 Å². The highest BCUT2D eigenvalue weighted by Gasteiger charge is 2.17. The molecule has 0 bridgehead atoms. The third-order valence-corrected chi connectivity index (χ3v) is 7.25. The van der Waals surface area contributed by atoms with Crippen molar-refractivity contribution in [3.05, 3.63) is 90.1 Å². The van der Waals surface area contributed by atoms with E-state index in [0.717, 1.165) is 15.6 Å². The predicted molar refractivity (Wildman–Crippen MR) is 145 cm³/mol. The summed E-state index contributed by atoms with van der Waals surface area (Å²) in [6.07, 6.45) is -0.533. The Kier molecular flexibility index (Phi) is 3.49. The molecule has 0 saturated heterocycles. The van der Waals surface area contributed by atoms with E-state index >= 15 is 0 Å². The molecule has 0 radical (unpaired) electrons. The minimum absolute atomic E-state index is 0.0391. The second kappa shape index (κ2) is 7.40. The topological polar surface area (TPSA) is 12.9 Å². The van der Waals surface area contributed by atoms with E-state index in [-0.39, 0.29) is 11.1 Å². The minimum atomic E-state index is -2.47. The van der Waals surface area contributed by atoms with Gasteiger partial charge in [-0.1, -0.05) is 75.4 Å². The summed E-state index contributed by atoms with van der Waals surface area (Å²) < 4.78 is 44.1. The molecule has 1 nitrogen and oxygen atoms in total. The van der Waals surface area contributed by atoms with E-state index in [1.807, 2.05) is 12.1 Å². The molecule has 0 saturated carbocycles. The lowest BCUT2D eigenvalue weighted by Gasteiger charge is -2.20. The average molecular weight is 451 g/mol. The van der Waals surface area contributed by atoms with Crippen LogP contribution in [-0.2, 0) is 6.37 Å². The van der Waals surface area contributed by atoms with Crippen molar-refractivity contribution in [1.82, 2.24) is 4.98 Å². The lowest BCUT2D eigenvalue weighted by molar-refractivity contribution is 0.410. The molecule has 33 heavy (non-hydrogen) atoms. The summed E-state index contributed by atoms with van der Waals surface area (Å²) in [7, 11) is 0. The maximum Gasteiger partial charge on any atom is 0.0719 e. The fourth-order valence-electron chi connectivity index (χ4n) is 4.61. The highest BCUT2D eigenvalue weighted by atomic mass is 32.1. The van der Waals surface area contributed by atoms with Crippen molar-refractivity contribution >= 4 is 53.1 Å². The molecule has 6 rings (SSSR count). The van der Waals surface area contributed by atoms with Gasteiger partial charge in [0.25, 0.3) is 0 Å². The molecule has 0 unspecified atom stereocenters. The fourth-order valence-corrected chi connectivity index (χ4v) is 5.86. The van der Waals surface area contributed by atoms with Crippen LogP contribution in [0.15, 0.2) is 79.0 Å². The number of aromatic nitrogens is 1. The number of fused-ring (bicyclic) bond motifs is 6. The van der Waals surface area contributed by atoms with Gasteiger partial charge in [-0.15, -0.1) is 11.3 Å². The molecule has 0 amide bonds. The predicted octanol–water partition coefficient (Wildman–Crippen LogP) is 9.32. The van der Waals surface area contributed by atoms with Gasteiger partial charge in [0.15, 0.2) is 0 Å². The van der Waals surface area contributed by atoms with E-state index in [1.165, 1.54) is 37.8 Å². The van der Waals surface area contributed by atoms with Crippen molar-refractivity contribution in [1.29, 1.82) is 0 Å². The molecule has 6 aromatic rings. The molecule has 0 aliphatic carbocycles. The Hall–Kier alpha value is -3.23. The Morgan fingerprint density at radius 2 is 1.67 bits per heavy atom. The van der Waals surface area contributed by atoms with E-state index in [9.17, 15) is 0 Å². The zero-order chi connectivity index (χ0) is 27.0. The fraction of sp³-hybridized carbons (Fsp3) is 0.194. The van der Waals surface area contributed by atoms with Gasteiger partial charge >= 0.3 is 0 Å². The smallest absolute Gasteiger partial charge is 0.0719 e. The lowest BCUT2D eigenvalue weighted by atomic mass is 9.86. The summed E-state index contributed by atoms with van der Waals surface area (Å²) in [6.45, 7) is 2.90. The summed E-state index contributed by atoms with van der Waals surface area (Å²) >= 11 is 1.69. The van der Waals surface area contributed by atoms with E-state index in [1.54, 1.807) is 38.2 Å². The molecule has 2 heterocycles. The normalized spacial score (nSPS) is 15.4. The van der Waals surface area contributed by atoms with E-state index < -0.39 is 18.6 Å². The van der Waals surface area contributed by atoms with Gasteiger partial charge in [-0.05, 0) is 69.5 Å². The second-order valence-electron chi connectivity index (χ2n) is 9.63. The van der Waals surface area contributed by atoms with Crippen LogP contribution in [0, 0.1) is 12.3 Å². The molecule has 0 aliphatic rings. The Morgan fingerprint density at radius 3 is 2.52 bits per heavy atom. The molecule has 0 fully saturated rings. The first-order chi connectivity index (χ1) is 17.9. The Labute approximate surface area is 205 Å². The van der Waals surface area contributed by atoms with Gasteiger partial charge in [0.05, 0.1) is 5.69 Å². The van der Waals surface area contributed by atoms with Crippen LogP contribution in [0.1, 0.15) is 38.8 Å². The van der Waals surface area contributed by atoms with Crippen LogP contribution in [-0.4, -0.2) is 4.98 Å². The summed E-state index contributed by atoms with van der Waals surface area (Å²) in [4.78, 5) is 4.57. The summed E-state index contributed by atoms with van der Waals surface area (Å²) in [6, 6.07) is 25.0. The lowest BCUT2D eigenvalue weighted by Crippen LogP contribution is -2.10. The number of hydrogen-bond acceptors (Lipinski definition) is 2. The second-order valence-corrected chi connectivity index (χ2v) is 10.7. The molecular weight excluding hydrogens is 418 g/mol. The van der Waals surface area contributed by atoms with E-state index in [2.05, 4.69) is 59.6 Å². The number of nitrogens with zero attached hydrogens (tertiary/aromatic N) is 1. The summed E-state index contributed by atoms with van der Waals surface area (Å²) in [5, 5.41) is 7.10. The van der Waals surface area contributed by atoms with Crippen LogP contribution in [0.3, 0.4) is 0 Å². The minimum Gasteiger partial charge on any atom is -0.256 e. The third kappa shape index (κ3) is 3.50. The highest BCUT2D eigenvalue weighted by Crippen LogP contribution is 2.42. The van der Waals surface area contributed by atoms with E-state index in [4.69, 9.17) is 6.85 Å². The van der Waals surface area contributed by atoms with Crippen LogP contribution in [0.4, 0.5) is 0 Å². The van der Waals surface area contributed by atoms with Crippen molar-refractivity contribution in [2.24, 2.45) is 5.41 Å². The van der Waals surface area contributed by atoms with Crippen molar-refractivity contribution in [2.75, 3.05) is 0 Å². The molecular formula is C31H27NS. The van der Waals surface area contributed by atoms with Gasteiger partial charge in [-0.25, -0.2) is 0 Å². The number of hydrogen-bond donors (Lipinski definition) is 0. The van der Waals surface area contributed by atoms with Crippen molar-refractivity contribution < 1.29 is 6.85 Å². The van der Waals surface area contributed by atoms with Crippen molar-refractivity contribution in [3.63, 3.8) is 0 Å². The van der Waals surface area contributed by atoms with Crippen molar-refractivity contribution in [2.45, 2.75) is 34.0 Å². The van der Waals surface area contributed by atoms with Crippen LogP contribution < -0.4 is 0 Å². The first-order valence-corrected chi connectivity index (χ1v) is 12.0. The summed E-state index contributed by atoms with van der Waals surface area (Å²) in [5.74, 6) is 0. The monoisotopic (exact) mass is 450 g/mol. The first kappa shape index (κ1) is 15.6. The van der Waals surface area contributed by atoms with Crippen LogP contribution in [0.25, 0.3) is 53.0 Å². The standard InChI is InChI=1S/C31H27NS/c1-19-18-32-28(14-22(19)17-31(2,3)4)25-11-7-10-24-27-16-26-21(15-29(27)33-30(24)25)13-12-20-8-5-6-9-23(20)26/h5-16,18H,17H2,1-4H3/i1D3,17D2. The number of pyridine rings is 1. The maximum atomic E-state index is 8.89. The molecule has 0 N–H and O–H groups in total. The number of rotatable bonds is 2. The molecule has 4 aromatic carbocycles. The van der Waals surface area contributed by atoms with Gasteiger partial charge in [0.2, 0.25) is 0 Å². The van der Waals surface area contributed by atoms with Crippen molar-refractivity contribution in [3.8, 4) is 11.3 Å². The third-order valence-electron chi connectivity index (χ3n) is 6.05. The Morgan fingerprint density at radius 1 is 0.848 bits per heavy atom. The van der Waals surface area contributed by atoms with Gasteiger partial charge in [-0.3, -0.25) is 4.98 Å². The zero-order valence-corrected chi connectivity index (χ0v) is 19.7. The van der Waals surface area contributed by atoms with Gasteiger partial charge in [0.1, 0.15) is 0 Å². The average Bonchev–Trinajstić information content (AvgIpc) is 3.23. The Bertz CT molecular complexity index is 1880. The van der Waals surface area contributed by atoms with Gasteiger partial charge in [0, 0.05) is 38.8 Å². The Balaban J connectivity index is 1.62. The molecule has 2 heteroatoms. The number of benzene rings is 4. The molecule has 0 aliphatic heterocycles. The summed E-state index contributed by atoms with van der Waals surface area (Å²) in [5.41, 5.74) is 0.778. The quantitative estimate of drug-likeness (QED) is 0.239. The van der Waals surface area contributed by atoms with Crippen LogP contribution in [0.5, 0.6) is 0 Å². The molecule has 2 aromatic heterocycles. The molecule has 0 spiro atoms. The van der Waals surface area contributed by atoms with Gasteiger partial charge in [-0.2, -0.15) is 0 Å². The van der Waals surface area contributed by atoms with E-state index in [0.29, 0.717) is 5.69 Å².